The Balaban J connectivity index is 1.37. The van der Waals surface area contributed by atoms with E-state index in [0.29, 0.717) is 18.0 Å². The van der Waals surface area contributed by atoms with Crippen LogP contribution in [0.2, 0.25) is 0 Å². The zero-order valence-corrected chi connectivity index (χ0v) is 19.7. The molecule has 1 unspecified atom stereocenters. The van der Waals surface area contributed by atoms with Crippen LogP contribution in [0.4, 0.5) is 11.6 Å². The van der Waals surface area contributed by atoms with Gasteiger partial charge in [0.2, 0.25) is 5.91 Å². The van der Waals surface area contributed by atoms with Crippen molar-refractivity contribution < 1.29 is 4.79 Å². The number of nitrogens with zero attached hydrogens (tertiary/aromatic N) is 4. The zero-order chi connectivity index (χ0) is 21.7. The zero-order valence-electron chi connectivity index (χ0n) is 19.7. The van der Waals surface area contributed by atoms with Crippen molar-refractivity contribution in [2.75, 3.05) is 36.4 Å². The van der Waals surface area contributed by atoms with E-state index in [4.69, 9.17) is 0 Å². The first-order chi connectivity index (χ1) is 14.1. The van der Waals surface area contributed by atoms with Gasteiger partial charge in [0.1, 0.15) is 5.82 Å². The maximum absolute atomic E-state index is 12.8. The number of amides is 1. The van der Waals surface area contributed by atoms with E-state index in [1.165, 1.54) is 38.9 Å². The number of fused-ring (bicyclic) bond motifs is 2. The highest BCUT2D eigenvalue weighted by Gasteiger charge is 2.46. The summed E-state index contributed by atoms with van der Waals surface area (Å²) in [5.41, 5.74) is 0.886. The maximum Gasteiger partial charge on any atom is 0.238 e. The summed E-state index contributed by atoms with van der Waals surface area (Å²) in [6.45, 7) is 17.5. The molecule has 6 nitrogen and oxygen atoms in total. The smallest absolute Gasteiger partial charge is 0.238 e. The summed E-state index contributed by atoms with van der Waals surface area (Å²) >= 11 is 0. The Kier molecular flexibility index (Phi) is 5.58. The molecular formula is C24H39N5O. The molecule has 1 aromatic heterocycles. The van der Waals surface area contributed by atoms with Crippen LogP contribution in [0.25, 0.3) is 0 Å². The fourth-order valence-corrected chi connectivity index (χ4v) is 5.50. The molecule has 166 valence electrons. The number of carbonyl (C=O) groups is 1. The van der Waals surface area contributed by atoms with Gasteiger partial charge in [-0.2, -0.15) is 0 Å². The molecule has 2 fully saturated rings. The van der Waals surface area contributed by atoms with Gasteiger partial charge in [-0.25, -0.2) is 0 Å². The van der Waals surface area contributed by atoms with Gasteiger partial charge in [-0.3, -0.25) is 9.69 Å². The Morgan fingerprint density at radius 1 is 1.13 bits per heavy atom. The minimum absolute atomic E-state index is 0.136. The number of aromatic nitrogens is 2. The van der Waals surface area contributed by atoms with Gasteiger partial charge in [0, 0.05) is 31.2 Å². The van der Waals surface area contributed by atoms with Crippen molar-refractivity contribution in [1.82, 2.24) is 15.1 Å². The van der Waals surface area contributed by atoms with Crippen LogP contribution in [-0.4, -0.2) is 53.2 Å². The molecule has 30 heavy (non-hydrogen) atoms. The Morgan fingerprint density at radius 2 is 1.80 bits per heavy atom. The summed E-state index contributed by atoms with van der Waals surface area (Å²) in [6.07, 6.45) is 4.60. The van der Waals surface area contributed by atoms with Gasteiger partial charge in [-0.1, -0.05) is 27.7 Å². The number of rotatable bonds is 6. The van der Waals surface area contributed by atoms with Crippen LogP contribution in [0.5, 0.6) is 0 Å². The second kappa shape index (κ2) is 7.77. The first kappa shape index (κ1) is 21.5. The van der Waals surface area contributed by atoms with Crippen LogP contribution in [0.1, 0.15) is 72.8 Å². The predicted molar refractivity (Wildman–Crippen MR) is 122 cm³/mol. The molecule has 1 saturated carbocycles. The molecule has 6 heteroatoms. The summed E-state index contributed by atoms with van der Waals surface area (Å²) in [4.78, 5) is 17.3. The average molecular weight is 414 g/mol. The molecule has 2 aliphatic heterocycles. The molecule has 0 spiro atoms. The summed E-state index contributed by atoms with van der Waals surface area (Å²) < 4.78 is 0. The van der Waals surface area contributed by atoms with Gasteiger partial charge in [0.25, 0.3) is 0 Å². The van der Waals surface area contributed by atoms with E-state index in [0.717, 1.165) is 35.5 Å². The van der Waals surface area contributed by atoms with E-state index >= 15 is 0 Å². The number of likely N-dealkylation sites (tertiary alicyclic amines) is 1. The van der Waals surface area contributed by atoms with Crippen molar-refractivity contribution in [1.29, 1.82) is 0 Å². The molecule has 0 bridgehead atoms. The molecule has 3 aliphatic rings. The van der Waals surface area contributed by atoms with E-state index in [-0.39, 0.29) is 5.91 Å². The molecule has 0 aromatic carbocycles. The molecule has 1 aromatic rings. The minimum atomic E-state index is -0.531. The van der Waals surface area contributed by atoms with E-state index in [9.17, 15) is 4.79 Å². The molecular weight excluding hydrogens is 374 g/mol. The Labute approximate surface area is 181 Å². The van der Waals surface area contributed by atoms with Crippen LogP contribution < -0.4 is 10.2 Å². The van der Waals surface area contributed by atoms with Crippen molar-refractivity contribution >= 4 is 17.5 Å². The molecule has 3 atom stereocenters. The molecule has 4 rings (SSSR count). The highest BCUT2D eigenvalue weighted by Crippen LogP contribution is 2.42. The first-order valence-corrected chi connectivity index (χ1v) is 11.8. The topological polar surface area (TPSA) is 61.4 Å². The molecule has 1 amide bonds. The van der Waals surface area contributed by atoms with Crippen molar-refractivity contribution in [3.05, 3.63) is 11.6 Å². The number of hydrogen-bond donors (Lipinski definition) is 1. The van der Waals surface area contributed by atoms with Gasteiger partial charge >= 0.3 is 0 Å². The summed E-state index contributed by atoms with van der Waals surface area (Å²) in [5.74, 6) is 3.29. The molecule has 1 aliphatic carbocycles. The van der Waals surface area contributed by atoms with E-state index in [2.05, 4.69) is 54.2 Å². The number of nitrogens with one attached hydrogen (secondary N) is 1. The lowest BCUT2D eigenvalue weighted by molar-refractivity contribution is -0.122. The summed E-state index contributed by atoms with van der Waals surface area (Å²) in [6, 6.07) is 2.53. The number of hydrogen-bond acceptors (Lipinski definition) is 5. The van der Waals surface area contributed by atoms with E-state index in [1.54, 1.807) is 4.90 Å². The molecule has 3 heterocycles. The summed E-state index contributed by atoms with van der Waals surface area (Å²) in [7, 11) is 0. The third-order valence-corrected chi connectivity index (χ3v) is 7.29. The van der Waals surface area contributed by atoms with Crippen molar-refractivity contribution in [3.8, 4) is 0 Å². The lowest BCUT2D eigenvalue weighted by Gasteiger charge is -2.24. The van der Waals surface area contributed by atoms with Crippen LogP contribution >= 0.6 is 0 Å². The predicted octanol–water partition coefficient (Wildman–Crippen LogP) is 4.07. The number of carbonyl (C=O) groups excluding carboxylic acids is 1. The van der Waals surface area contributed by atoms with Gasteiger partial charge in [0.15, 0.2) is 5.82 Å². The Morgan fingerprint density at radius 3 is 2.40 bits per heavy atom. The lowest BCUT2D eigenvalue weighted by Crippen LogP contribution is -2.36. The van der Waals surface area contributed by atoms with Gasteiger partial charge in [-0.15, -0.1) is 10.2 Å². The second-order valence-corrected chi connectivity index (χ2v) is 11.5. The summed E-state index contributed by atoms with van der Waals surface area (Å²) in [5, 5.41) is 12.6. The quantitative estimate of drug-likeness (QED) is 0.762. The van der Waals surface area contributed by atoms with Gasteiger partial charge in [-0.05, 0) is 69.4 Å². The molecule has 1 saturated heterocycles. The Hall–Kier alpha value is -1.69. The fraction of sp³-hybridized carbons (Fsp3) is 0.792. The number of anilines is 2. The van der Waals surface area contributed by atoms with Gasteiger partial charge in [0.05, 0.1) is 5.41 Å². The first-order valence-electron chi connectivity index (χ1n) is 11.8. The molecule has 1 N–H and O–H groups in total. The largest absolute Gasteiger partial charge is 0.366 e. The SMILES string of the molecule is CCCN1C(=O)C(C)(C)c2cc(NC3C[C@@H]4CN(CCC(C)(C)C)C[C@@H]4C3)nnc21. The average Bonchev–Trinajstić information content (AvgIpc) is 3.26. The lowest BCUT2D eigenvalue weighted by atomic mass is 9.87. The second-order valence-electron chi connectivity index (χ2n) is 11.5. The standard InChI is InChI=1S/C24H39N5O/c1-7-9-29-21-19(24(5,6)22(29)30)13-20(26-27-21)25-18-11-16-14-28(15-17(16)12-18)10-8-23(2,3)4/h13,16-18H,7-12,14-15H2,1-6H3,(H,25,26)/t16-,17+,18?. The van der Waals surface area contributed by atoms with Crippen molar-refractivity contribution in [3.63, 3.8) is 0 Å². The van der Waals surface area contributed by atoms with Crippen LogP contribution in [0.3, 0.4) is 0 Å². The fourth-order valence-electron chi connectivity index (χ4n) is 5.50. The third kappa shape index (κ3) is 4.08. The molecule has 0 radical (unpaired) electrons. The van der Waals surface area contributed by atoms with Crippen LogP contribution in [-0.2, 0) is 10.2 Å². The highest BCUT2D eigenvalue weighted by atomic mass is 16.2. The van der Waals surface area contributed by atoms with Crippen molar-refractivity contribution in [2.45, 2.75) is 78.7 Å². The third-order valence-electron chi connectivity index (χ3n) is 7.29. The van der Waals surface area contributed by atoms with Crippen molar-refractivity contribution in [2.24, 2.45) is 17.3 Å². The minimum Gasteiger partial charge on any atom is -0.366 e. The van der Waals surface area contributed by atoms with E-state index in [1.807, 2.05) is 13.8 Å². The Bertz CT molecular complexity index is 785. The highest BCUT2D eigenvalue weighted by molar-refractivity contribution is 6.06. The normalized spacial score (nSPS) is 28.1. The monoisotopic (exact) mass is 413 g/mol. The van der Waals surface area contributed by atoms with Gasteiger partial charge < -0.3 is 10.2 Å². The van der Waals surface area contributed by atoms with Crippen LogP contribution in [0, 0.1) is 17.3 Å². The van der Waals surface area contributed by atoms with Crippen LogP contribution in [0.15, 0.2) is 6.07 Å². The van der Waals surface area contributed by atoms with E-state index < -0.39 is 5.41 Å². The maximum atomic E-state index is 12.8.